The van der Waals surface area contributed by atoms with Crippen LogP contribution in [0.2, 0.25) is 0 Å². The number of nitrogens with zero attached hydrogens (tertiary/aromatic N) is 3. The fraction of sp³-hybridized carbons (Fsp3) is 0.474. The van der Waals surface area contributed by atoms with E-state index in [0.717, 1.165) is 36.0 Å². The van der Waals surface area contributed by atoms with Crippen LogP contribution in [0, 0.1) is 0 Å². The van der Waals surface area contributed by atoms with Crippen LogP contribution in [0.15, 0.2) is 28.6 Å². The van der Waals surface area contributed by atoms with Crippen LogP contribution in [0.1, 0.15) is 36.1 Å². The molecule has 0 bridgehead atoms. The average molecular weight is 356 g/mol. The zero-order valence-corrected chi connectivity index (χ0v) is 15.3. The fourth-order valence-electron chi connectivity index (χ4n) is 3.59. The Hall–Kier alpha value is -2.08. The van der Waals surface area contributed by atoms with Crippen molar-refractivity contribution >= 4 is 28.1 Å². The van der Waals surface area contributed by atoms with Gasteiger partial charge in [-0.25, -0.2) is 4.98 Å². The summed E-state index contributed by atoms with van der Waals surface area (Å²) in [5.74, 6) is 0.480. The molecule has 1 aromatic heterocycles. The van der Waals surface area contributed by atoms with Crippen molar-refractivity contribution in [2.75, 3.05) is 29.9 Å². The van der Waals surface area contributed by atoms with E-state index in [1.807, 2.05) is 0 Å². The van der Waals surface area contributed by atoms with Gasteiger partial charge >= 0.3 is 0 Å². The number of aliphatic imine (C=N–C) groups is 1. The Morgan fingerprint density at radius 3 is 2.92 bits per heavy atom. The number of nitrogens with one attached hydrogen (secondary N) is 1. The number of anilines is 2. The molecule has 0 radical (unpaired) electrons. The number of benzene rings is 1. The van der Waals surface area contributed by atoms with E-state index >= 15 is 0 Å². The standard InChI is InChI=1S/C19H25N5S/c20-18(22-16-7-6-14-4-3-5-15(14)12-16)21-9-8-17-13-25-19(23-17)24-10-1-2-11-24/h6-7,12-13H,1-5,8-11H2,(H3,20,21,22). The predicted octanol–water partition coefficient (Wildman–Crippen LogP) is 3.20. The van der Waals surface area contributed by atoms with Gasteiger partial charge in [-0.2, -0.15) is 0 Å². The van der Waals surface area contributed by atoms with E-state index in [0.29, 0.717) is 12.5 Å². The van der Waals surface area contributed by atoms with Gasteiger partial charge in [-0.15, -0.1) is 11.3 Å². The maximum atomic E-state index is 6.03. The highest BCUT2D eigenvalue weighted by molar-refractivity contribution is 7.13. The molecule has 2 heterocycles. The number of guanidine groups is 1. The molecule has 1 aliphatic heterocycles. The maximum Gasteiger partial charge on any atom is 0.193 e. The third kappa shape index (κ3) is 3.95. The second-order valence-electron chi connectivity index (χ2n) is 6.79. The van der Waals surface area contributed by atoms with Crippen LogP contribution in [0.3, 0.4) is 0 Å². The van der Waals surface area contributed by atoms with Gasteiger partial charge in [0.15, 0.2) is 11.1 Å². The van der Waals surface area contributed by atoms with E-state index in [2.05, 4.69) is 38.8 Å². The fourth-order valence-corrected chi connectivity index (χ4v) is 4.51. The van der Waals surface area contributed by atoms with Crippen molar-refractivity contribution in [2.24, 2.45) is 10.7 Å². The van der Waals surface area contributed by atoms with E-state index in [9.17, 15) is 0 Å². The second kappa shape index (κ2) is 7.44. The lowest BCUT2D eigenvalue weighted by atomic mass is 10.1. The quantitative estimate of drug-likeness (QED) is 0.638. The molecule has 0 spiro atoms. The van der Waals surface area contributed by atoms with E-state index < -0.39 is 0 Å². The first kappa shape index (κ1) is 16.4. The highest BCUT2D eigenvalue weighted by Gasteiger charge is 2.15. The first-order chi connectivity index (χ1) is 12.3. The van der Waals surface area contributed by atoms with Gasteiger partial charge in [-0.05, 0) is 55.4 Å². The molecule has 1 saturated heterocycles. The van der Waals surface area contributed by atoms with Crippen LogP contribution in [0.5, 0.6) is 0 Å². The number of hydrogen-bond donors (Lipinski definition) is 2. The van der Waals surface area contributed by atoms with Gasteiger partial charge in [0.2, 0.25) is 0 Å². The van der Waals surface area contributed by atoms with Gasteiger partial charge in [0.1, 0.15) is 0 Å². The minimum atomic E-state index is 0.480. The van der Waals surface area contributed by atoms with Crippen molar-refractivity contribution in [1.82, 2.24) is 4.98 Å². The molecular formula is C19H25N5S. The van der Waals surface area contributed by atoms with E-state index in [1.54, 1.807) is 11.3 Å². The van der Waals surface area contributed by atoms with Crippen LogP contribution in [-0.2, 0) is 19.3 Å². The van der Waals surface area contributed by atoms with Crippen molar-refractivity contribution in [3.63, 3.8) is 0 Å². The van der Waals surface area contributed by atoms with E-state index in [-0.39, 0.29) is 0 Å². The largest absolute Gasteiger partial charge is 0.370 e. The zero-order valence-electron chi connectivity index (χ0n) is 14.5. The first-order valence-corrected chi connectivity index (χ1v) is 10.0. The predicted molar refractivity (Wildman–Crippen MR) is 106 cm³/mol. The molecule has 1 aliphatic carbocycles. The molecular weight excluding hydrogens is 330 g/mol. The summed E-state index contributed by atoms with van der Waals surface area (Å²) >= 11 is 1.74. The minimum Gasteiger partial charge on any atom is -0.370 e. The molecule has 0 unspecified atom stereocenters. The van der Waals surface area contributed by atoms with Gasteiger partial charge in [-0.3, -0.25) is 4.99 Å². The van der Waals surface area contributed by atoms with Gasteiger partial charge in [-0.1, -0.05) is 6.07 Å². The number of aromatic nitrogens is 1. The average Bonchev–Trinajstić information content (AvgIpc) is 3.35. The van der Waals surface area contributed by atoms with Crippen molar-refractivity contribution < 1.29 is 0 Å². The normalized spacial score (nSPS) is 17.1. The molecule has 1 fully saturated rings. The summed E-state index contributed by atoms with van der Waals surface area (Å²) in [5, 5.41) is 6.51. The molecule has 5 nitrogen and oxygen atoms in total. The van der Waals surface area contributed by atoms with Gasteiger partial charge in [0, 0.05) is 37.1 Å². The zero-order chi connectivity index (χ0) is 17.1. The van der Waals surface area contributed by atoms with Gasteiger partial charge in [0.05, 0.1) is 5.69 Å². The molecule has 0 saturated carbocycles. The lowest BCUT2D eigenvalue weighted by Crippen LogP contribution is -2.23. The third-order valence-electron chi connectivity index (χ3n) is 4.94. The Labute approximate surface area is 153 Å². The summed E-state index contributed by atoms with van der Waals surface area (Å²) in [6, 6.07) is 6.50. The summed E-state index contributed by atoms with van der Waals surface area (Å²) < 4.78 is 0. The SMILES string of the molecule is NC(=NCCc1csc(N2CCCC2)n1)Nc1ccc2c(c1)CCC2. The molecule has 25 heavy (non-hydrogen) atoms. The summed E-state index contributed by atoms with van der Waals surface area (Å²) in [5.41, 5.74) is 11.1. The summed E-state index contributed by atoms with van der Waals surface area (Å²) in [4.78, 5) is 11.6. The monoisotopic (exact) mass is 355 g/mol. The van der Waals surface area contributed by atoms with Crippen LogP contribution in [-0.4, -0.2) is 30.6 Å². The number of hydrogen-bond acceptors (Lipinski definition) is 4. The number of aryl methyl sites for hydroxylation is 2. The first-order valence-electron chi connectivity index (χ1n) is 9.16. The minimum absolute atomic E-state index is 0.480. The van der Waals surface area contributed by atoms with Gasteiger partial charge in [0.25, 0.3) is 0 Å². The molecule has 6 heteroatoms. The van der Waals surface area contributed by atoms with Crippen LogP contribution in [0.4, 0.5) is 10.8 Å². The summed E-state index contributed by atoms with van der Waals surface area (Å²) in [7, 11) is 0. The smallest absolute Gasteiger partial charge is 0.193 e. The van der Waals surface area contributed by atoms with Crippen molar-refractivity contribution in [3.8, 4) is 0 Å². The van der Waals surface area contributed by atoms with Gasteiger partial charge < -0.3 is 16.0 Å². The topological polar surface area (TPSA) is 66.5 Å². The van der Waals surface area contributed by atoms with Crippen molar-refractivity contribution in [2.45, 2.75) is 38.5 Å². The highest BCUT2D eigenvalue weighted by atomic mass is 32.1. The Morgan fingerprint density at radius 1 is 1.20 bits per heavy atom. The Bertz CT molecular complexity index is 761. The number of fused-ring (bicyclic) bond motifs is 1. The Morgan fingerprint density at radius 2 is 2.04 bits per heavy atom. The van der Waals surface area contributed by atoms with Crippen molar-refractivity contribution in [3.05, 3.63) is 40.4 Å². The number of nitrogens with two attached hydrogens (primary N) is 1. The molecule has 4 rings (SSSR count). The molecule has 2 aliphatic rings. The molecule has 0 atom stereocenters. The summed E-state index contributed by atoms with van der Waals surface area (Å²) in [6.07, 6.45) is 7.03. The van der Waals surface area contributed by atoms with Crippen molar-refractivity contribution in [1.29, 1.82) is 0 Å². The van der Waals surface area contributed by atoms with Crippen LogP contribution >= 0.6 is 11.3 Å². The molecule has 2 aromatic rings. The van der Waals surface area contributed by atoms with Crippen LogP contribution in [0.25, 0.3) is 0 Å². The van der Waals surface area contributed by atoms with Crippen LogP contribution < -0.4 is 16.0 Å². The molecule has 0 amide bonds. The van der Waals surface area contributed by atoms with E-state index in [1.165, 1.54) is 43.2 Å². The second-order valence-corrected chi connectivity index (χ2v) is 7.63. The molecule has 1 aromatic carbocycles. The molecule has 3 N–H and O–H groups in total. The van der Waals surface area contributed by atoms with E-state index in [4.69, 9.17) is 10.7 Å². The maximum absolute atomic E-state index is 6.03. The lowest BCUT2D eigenvalue weighted by Gasteiger charge is -2.12. The Balaban J connectivity index is 1.29. The highest BCUT2D eigenvalue weighted by Crippen LogP contribution is 2.25. The Kier molecular flexibility index (Phi) is 4.88. The number of thiazole rings is 1. The number of rotatable bonds is 5. The lowest BCUT2D eigenvalue weighted by molar-refractivity contribution is 0.906. The third-order valence-corrected chi connectivity index (χ3v) is 5.89. The summed E-state index contributed by atoms with van der Waals surface area (Å²) in [6.45, 7) is 2.94. The molecule has 132 valence electrons.